The molecule has 39 heavy (non-hydrogen) atoms. The number of aryl methyl sites for hydroxylation is 2. The number of hydrogen-bond donors (Lipinski definition) is 1. The molecule has 1 spiro atoms. The molecule has 0 radical (unpaired) electrons. The highest BCUT2D eigenvalue weighted by Gasteiger charge is 2.57. The minimum Gasteiger partial charge on any atom is -0.346 e. The van der Waals surface area contributed by atoms with Gasteiger partial charge in [-0.1, -0.05) is 13.8 Å². The van der Waals surface area contributed by atoms with Crippen LogP contribution < -0.4 is 0 Å². The number of aromatic nitrogens is 4. The maximum Gasteiger partial charge on any atom is 0.158 e. The highest BCUT2D eigenvalue weighted by molar-refractivity contribution is 7.19. The zero-order valence-electron chi connectivity index (χ0n) is 23.8. The predicted octanol–water partition coefficient (Wildman–Crippen LogP) is 7.07. The van der Waals surface area contributed by atoms with Crippen LogP contribution in [0.15, 0.2) is 12.5 Å². The first-order valence-corrected chi connectivity index (χ1v) is 15.8. The fraction of sp³-hybridized carbons (Fsp3) is 0.594. The van der Waals surface area contributed by atoms with Crippen LogP contribution in [-0.4, -0.2) is 48.9 Å². The van der Waals surface area contributed by atoms with E-state index < -0.39 is 0 Å². The van der Waals surface area contributed by atoms with Crippen molar-refractivity contribution in [2.45, 2.75) is 103 Å². The summed E-state index contributed by atoms with van der Waals surface area (Å²) in [5.74, 6) is 2.42. The molecule has 1 unspecified atom stereocenters. The first-order chi connectivity index (χ1) is 18.8. The molecule has 4 aliphatic rings. The van der Waals surface area contributed by atoms with Crippen molar-refractivity contribution < 1.29 is 4.79 Å². The Balaban J connectivity index is 1.10. The summed E-state index contributed by atoms with van der Waals surface area (Å²) in [6.07, 6.45) is 11.8. The zero-order chi connectivity index (χ0) is 26.8. The standard InChI is InChI=1S/C32H39N5OS/c1-16(2)26-27-19(5)29(39-31(27)35-28(26)24-14-37-30(33-15-34-37)18(4)17(24)3)23-10-21-9-20(23)13-36(21)22-11-32(12-22)8-6-7-25(32)38/h14-16,20-23,35H,6-13H2,1-5H3/t20-,21?,22-,23+,32-/m0/s1. The van der Waals surface area contributed by atoms with Gasteiger partial charge in [-0.3, -0.25) is 9.69 Å². The van der Waals surface area contributed by atoms with E-state index in [4.69, 9.17) is 0 Å². The highest BCUT2D eigenvalue weighted by atomic mass is 32.1. The number of Topliss-reactive ketones (excluding diaryl/α,β-unsaturated/α-hetero) is 1. The average molecular weight is 542 g/mol. The van der Waals surface area contributed by atoms with Crippen LogP contribution in [0.25, 0.3) is 27.1 Å². The monoisotopic (exact) mass is 541 g/mol. The summed E-state index contributed by atoms with van der Waals surface area (Å²) in [6, 6.07) is 1.37. The van der Waals surface area contributed by atoms with Crippen LogP contribution in [0.1, 0.15) is 97.8 Å². The number of carbonyl (C=O) groups excluding carboxylic acids is 1. The zero-order valence-corrected chi connectivity index (χ0v) is 24.6. The van der Waals surface area contributed by atoms with Crippen LogP contribution in [0.4, 0.5) is 0 Å². The van der Waals surface area contributed by atoms with Gasteiger partial charge in [0.05, 0.1) is 5.69 Å². The number of rotatable bonds is 4. The summed E-state index contributed by atoms with van der Waals surface area (Å²) in [7, 11) is 0. The van der Waals surface area contributed by atoms with Crippen molar-refractivity contribution in [3.63, 3.8) is 0 Å². The van der Waals surface area contributed by atoms with Crippen molar-refractivity contribution in [2.75, 3.05) is 6.54 Å². The molecule has 204 valence electrons. The lowest BCUT2D eigenvalue weighted by Gasteiger charge is -2.51. The number of likely N-dealkylation sites (tertiary alicyclic amines) is 1. The largest absolute Gasteiger partial charge is 0.346 e. The second-order valence-electron chi connectivity index (χ2n) is 13.5. The van der Waals surface area contributed by atoms with Crippen molar-refractivity contribution in [1.82, 2.24) is 24.5 Å². The van der Waals surface area contributed by atoms with Crippen molar-refractivity contribution in [2.24, 2.45) is 11.3 Å². The van der Waals surface area contributed by atoms with Crippen LogP contribution in [0.2, 0.25) is 0 Å². The van der Waals surface area contributed by atoms with Gasteiger partial charge in [-0.25, -0.2) is 9.50 Å². The second-order valence-corrected chi connectivity index (χ2v) is 14.5. The van der Waals surface area contributed by atoms with Crippen LogP contribution in [0.5, 0.6) is 0 Å². The number of fused-ring (bicyclic) bond motifs is 4. The van der Waals surface area contributed by atoms with Gasteiger partial charge in [0.15, 0.2) is 5.65 Å². The molecule has 3 aliphatic carbocycles. The molecule has 3 saturated carbocycles. The maximum atomic E-state index is 12.5. The lowest BCUT2D eigenvalue weighted by Crippen LogP contribution is -2.55. The van der Waals surface area contributed by atoms with E-state index >= 15 is 0 Å². The van der Waals surface area contributed by atoms with Gasteiger partial charge in [-0.05, 0) is 99.3 Å². The van der Waals surface area contributed by atoms with Gasteiger partial charge in [0.25, 0.3) is 0 Å². The van der Waals surface area contributed by atoms with E-state index in [1.807, 2.05) is 15.9 Å². The average Bonchev–Trinajstić information content (AvgIpc) is 3.70. The van der Waals surface area contributed by atoms with Crippen molar-refractivity contribution in [3.8, 4) is 11.3 Å². The Hall–Kier alpha value is -2.51. The van der Waals surface area contributed by atoms with Crippen molar-refractivity contribution in [3.05, 3.63) is 39.7 Å². The first kappa shape index (κ1) is 24.3. The molecule has 4 aromatic rings. The molecule has 2 bridgehead atoms. The van der Waals surface area contributed by atoms with Crippen LogP contribution in [-0.2, 0) is 4.79 Å². The molecule has 7 heteroatoms. The predicted molar refractivity (Wildman–Crippen MR) is 157 cm³/mol. The van der Waals surface area contributed by atoms with Crippen LogP contribution >= 0.6 is 11.3 Å². The number of carbonyl (C=O) groups is 1. The lowest BCUT2D eigenvalue weighted by atomic mass is 9.63. The van der Waals surface area contributed by atoms with Gasteiger partial charge < -0.3 is 4.98 Å². The number of piperidine rings is 1. The van der Waals surface area contributed by atoms with E-state index in [1.54, 1.807) is 11.2 Å². The molecule has 1 N–H and O–H groups in total. The number of aromatic amines is 1. The quantitative estimate of drug-likeness (QED) is 0.300. The summed E-state index contributed by atoms with van der Waals surface area (Å²) < 4.78 is 1.92. The smallest absolute Gasteiger partial charge is 0.158 e. The summed E-state index contributed by atoms with van der Waals surface area (Å²) in [5, 5.41) is 5.91. The molecule has 6 nitrogen and oxygen atoms in total. The lowest BCUT2D eigenvalue weighted by molar-refractivity contribution is -0.135. The van der Waals surface area contributed by atoms with Crippen LogP contribution in [0.3, 0.4) is 0 Å². The third-order valence-electron chi connectivity index (χ3n) is 11.2. The van der Waals surface area contributed by atoms with Gasteiger partial charge in [-0.15, -0.1) is 11.3 Å². The number of pyridine rings is 1. The summed E-state index contributed by atoms with van der Waals surface area (Å²) in [5.41, 5.74) is 8.90. The normalized spacial score (nSPS) is 30.7. The number of thiophene rings is 1. The van der Waals surface area contributed by atoms with Crippen molar-refractivity contribution >= 4 is 33.0 Å². The number of ketones is 1. The van der Waals surface area contributed by atoms with E-state index in [0.717, 1.165) is 43.7 Å². The fourth-order valence-corrected chi connectivity index (χ4v) is 10.5. The van der Waals surface area contributed by atoms with E-state index in [1.165, 1.54) is 63.1 Å². The summed E-state index contributed by atoms with van der Waals surface area (Å²) in [6.45, 7) is 12.6. The summed E-state index contributed by atoms with van der Waals surface area (Å²) in [4.78, 5) is 26.6. The minimum absolute atomic E-state index is 0.0787. The fourth-order valence-electron chi connectivity index (χ4n) is 9.10. The molecule has 1 saturated heterocycles. The minimum atomic E-state index is 0.0787. The molecular weight excluding hydrogens is 502 g/mol. The number of H-pyrrole nitrogens is 1. The van der Waals surface area contributed by atoms with Gasteiger partial charge in [-0.2, -0.15) is 5.10 Å². The molecular formula is C32H39N5OS. The molecule has 3 atom stereocenters. The number of nitrogens with zero attached hydrogens (tertiary/aromatic N) is 4. The Morgan fingerprint density at radius 2 is 1.92 bits per heavy atom. The van der Waals surface area contributed by atoms with E-state index in [2.05, 4.69) is 60.8 Å². The highest BCUT2D eigenvalue weighted by Crippen LogP contribution is 2.58. The molecule has 8 rings (SSSR count). The van der Waals surface area contributed by atoms with Gasteiger partial charge >= 0.3 is 0 Å². The third kappa shape index (κ3) is 3.26. The van der Waals surface area contributed by atoms with Crippen LogP contribution in [0, 0.1) is 32.1 Å². The van der Waals surface area contributed by atoms with Gasteiger partial charge in [0.2, 0.25) is 0 Å². The Morgan fingerprint density at radius 3 is 2.62 bits per heavy atom. The van der Waals surface area contributed by atoms with Gasteiger partial charge in [0.1, 0.15) is 16.9 Å². The Labute approximate surface area is 234 Å². The topological polar surface area (TPSA) is 66.3 Å². The Morgan fingerprint density at radius 1 is 1.10 bits per heavy atom. The molecule has 5 heterocycles. The Bertz CT molecular complexity index is 1650. The molecule has 0 amide bonds. The molecule has 0 aromatic carbocycles. The third-order valence-corrected chi connectivity index (χ3v) is 12.6. The number of nitrogens with one attached hydrogen (secondary N) is 1. The maximum absolute atomic E-state index is 12.5. The SMILES string of the molecule is Cc1c(-c2[nH]c3sc([C@@H]4CC5C[C@H]4CN5[C@H]4C[C@@]5(CCCC5=O)C4)c(C)c3c2C(C)C)cn2ncnc2c1C. The van der Waals surface area contributed by atoms with E-state index in [9.17, 15) is 4.79 Å². The van der Waals surface area contributed by atoms with Gasteiger partial charge in [0, 0.05) is 52.5 Å². The molecule has 4 aromatic heterocycles. The second kappa shape index (κ2) is 8.26. The first-order valence-electron chi connectivity index (χ1n) is 15.0. The summed E-state index contributed by atoms with van der Waals surface area (Å²) >= 11 is 2.01. The molecule has 1 aliphatic heterocycles. The Kier molecular flexibility index (Phi) is 5.15. The molecule has 4 fully saturated rings. The number of hydrogen-bond acceptors (Lipinski definition) is 5. The van der Waals surface area contributed by atoms with Crippen molar-refractivity contribution in [1.29, 1.82) is 0 Å². The van der Waals surface area contributed by atoms with E-state index in [-0.39, 0.29) is 5.41 Å². The van der Waals surface area contributed by atoms with E-state index in [0.29, 0.717) is 29.7 Å².